The van der Waals surface area contributed by atoms with Crippen molar-refractivity contribution in [1.29, 1.82) is 0 Å². The number of carbonyl (C=O) groups excluding carboxylic acids is 1. The number of amides is 1. The van der Waals surface area contributed by atoms with Crippen molar-refractivity contribution in [3.05, 3.63) is 16.7 Å². The fraction of sp³-hybridized carbons (Fsp3) is 0.500. The molecule has 1 unspecified atom stereocenters. The first kappa shape index (κ1) is 11.9. The van der Waals surface area contributed by atoms with Gasteiger partial charge in [0.25, 0.3) is 5.91 Å². The molecular weight excluding hydrogens is 298 g/mol. The molecule has 0 radical (unpaired) electrons. The second kappa shape index (κ2) is 4.20. The first-order valence-corrected chi connectivity index (χ1v) is 6.73. The summed E-state index contributed by atoms with van der Waals surface area (Å²) in [7, 11) is 1.90. The first-order chi connectivity index (χ1) is 8.64. The highest BCUT2D eigenvalue weighted by molar-refractivity contribution is 9.10. The van der Waals surface area contributed by atoms with Gasteiger partial charge < -0.3 is 15.4 Å². The zero-order chi connectivity index (χ0) is 12.8. The molecule has 3 rings (SSSR count). The van der Waals surface area contributed by atoms with Crippen molar-refractivity contribution in [2.75, 3.05) is 18.9 Å². The molecule has 0 spiro atoms. The highest BCUT2D eigenvalue weighted by atomic mass is 79.9. The van der Waals surface area contributed by atoms with Crippen LogP contribution < -0.4 is 15.4 Å². The van der Waals surface area contributed by atoms with Crippen molar-refractivity contribution < 1.29 is 9.53 Å². The van der Waals surface area contributed by atoms with Crippen LogP contribution in [0, 0.1) is 5.41 Å². The van der Waals surface area contributed by atoms with E-state index in [9.17, 15) is 4.79 Å². The topological polar surface area (TPSA) is 63.2 Å². The molecule has 1 aliphatic heterocycles. The molecule has 1 saturated carbocycles. The number of aromatic nitrogens is 1. The molecule has 2 heterocycles. The lowest BCUT2D eigenvalue weighted by Gasteiger charge is -2.31. The van der Waals surface area contributed by atoms with Crippen molar-refractivity contribution in [1.82, 2.24) is 10.3 Å². The number of halogens is 1. The molecule has 0 bridgehead atoms. The lowest BCUT2D eigenvalue weighted by Crippen LogP contribution is -2.47. The van der Waals surface area contributed by atoms with E-state index < -0.39 is 6.10 Å². The molecule has 1 aromatic heterocycles. The highest BCUT2D eigenvalue weighted by Crippen LogP contribution is 2.51. The Hall–Kier alpha value is -1.14. The number of fused-ring (bicyclic) bond motifs is 1. The molecule has 96 valence electrons. The lowest BCUT2D eigenvalue weighted by molar-refractivity contribution is -0.126. The molecule has 0 saturated heterocycles. The van der Waals surface area contributed by atoms with Gasteiger partial charge in [0, 0.05) is 12.0 Å². The fourth-order valence-electron chi connectivity index (χ4n) is 2.42. The van der Waals surface area contributed by atoms with Crippen molar-refractivity contribution in [2.24, 2.45) is 5.41 Å². The Morgan fingerprint density at radius 2 is 2.39 bits per heavy atom. The van der Waals surface area contributed by atoms with Gasteiger partial charge in [-0.1, -0.05) is 0 Å². The Morgan fingerprint density at radius 3 is 3.06 bits per heavy atom. The molecule has 0 aromatic carbocycles. The Kier molecular flexibility index (Phi) is 2.79. The second-order valence-electron chi connectivity index (χ2n) is 4.86. The Morgan fingerprint density at radius 1 is 1.61 bits per heavy atom. The number of carbonyl (C=O) groups is 1. The summed E-state index contributed by atoms with van der Waals surface area (Å²) in [6.45, 7) is 0.796. The summed E-state index contributed by atoms with van der Waals surface area (Å²) in [5.41, 5.74) is -0.0520. The molecule has 1 aliphatic carbocycles. The number of hydrogen-bond acceptors (Lipinski definition) is 4. The van der Waals surface area contributed by atoms with Crippen LogP contribution in [-0.2, 0) is 4.79 Å². The number of nitrogens with one attached hydrogen (secondary N) is 2. The monoisotopic (exact) mass is 311 g/mol. The fourth-order valence-corrected chi connectivity index (χ4v) is 2.73. The van der Waals surface area contributed by atoms with Gasteiger partial charge in [-0.15, -0.1) is 0 Å². The van der Waals surface area contributed by atoms with Gasteiger partial charge >= 0.3 is 0 Å². The quantitative estimate of drug-likeness (QED) is 0.831. The number of rotatable bonds is 3. The third kappa shape index (κ3) is 1.89. The van der Waals surface area contributed by atoms with E-state index in [1.807, 2.05) is 19.2 Å². The summed E-state index contributed by atoms with van der Waals surface area (Å²) in [5.74, 6) is 1.04. The Bertz CT molecular complexity index is 502. The molecule has 2 aliphatic rings. The average Bonchev–Trinajstić information content (AvgIpc) is 3.09. The first-order valence-electron chi connectivity index (χ1n) is 5.93. The smallest absolute Gasteiger partial charge is 0.267 e. The standard InChI is InChI=1S/C12H14BrN3O2/c1-14-6-12(4-5-12)9-11(17)16-10-7(18-9)2-3-8(13)15-10/h2-3,9,14H,4-6H2,1H3,(H,15,16,17). The second-order valence-corrected chi connectivity index (χ2v) is 5.67. The Labute approximate surface area is 113 Å². The van der Waals surface area contributed by atoms with Crippen LogP contribution in [0.2, 0.25) is 0 Å². The summed E-state index contributed by atoms with van der Waals surface area (Å²) < 4.78 is 6.52. The van der Waals surface area contributed by atoms with Gasteiger partial charge in [-0.05, 0) is 48.0 Å². The summed E-state index contributed by atoms with van der Waals surface area (Å²) in [6.07, 6.45) is 1.62. The minimum Gasteiger partial charge on any atom is -0.476 e. The van der Waals surface area contributed by atoms with Crippen molar-refractivity contribution in [2.45, 2.75) is 18.9 Å². The maximum absolute atomic E-state index is 12.1. The minimum absolute atomic E-state index is 0.0520. The van der Waals surface area contributed by atoms with Gasteiger partial charge in [0.2, 0.25) is 0 Å². The van der Waals surface area contributed by atoms with Crippen LogP contribution in [0.5, 0.6) is 5.75 Å². The SMILES string of the molecule is CNCC1(C2Oc3ccc(Br)nc3NC2=O)CC1. The van der Waals surface area contributed by atoms with Crippen molar-refractivity contribution in [3.63, 3.8) is 0 Å². The molecule has 1 amide bonds. The molecule has 18 heavy (non-hydrogen) atoms. The maximum Gasteiger partial charge on any atom is 0.267 e. The number of hydrogen-bond donors (Lipinski definition) is 2. The third-order valence-electron chi connectivity index (χ3n) is 3.53. The summed E-state index contributed by atoms with van der Waals surface area (Å²) in [5, 5.41) is 5.96. The van der Waals surface area contributed by atoms with Gasteiger partial charge in [-0.2, -0.15) is 0 Å². The van der Waals surface area contributed by atoms with Crippen LogP contribution >= 0.6 is 15.9 Å². The Balaban J connectivity index is 1.88. The van der Waals surface area contributed by atoms with E-state index in [4.69, 9.17) is 4.74 Å². The summed E-state index contributed by atoms with van der Waals surface area (Å²) in [6, 6.07) is 3.64. The summed E-state index contributed by atoms with van der Waals surface area (Å²) >= 11 is 3.27. The number of pyridine rings is 1. The van der Waals surface area contributed by atoms with Crippen LogP contribution in [-0.4, -0.2) is 30.6 Å². The van der Waals surface area contributed by atoms with Crippen LogP contribution in [0.25, 0.3) is 0 Å². The minimum atomic E-state index is -0.416. The van der Waals surface area contributed by atoms with E-state index in [0.29, 0.717) is 16.2 Å². The number of anilines is 1. The van der Waals surface area contributed by atoms with Gasteiger partial charge in [0.05, 0.1) is 0 Å². The van der Waals surface area contributed by atoms with E-state index in [-0.39, 0.29) is 11.3 Å². The molecule has 5 nitrogen and oxygen atoms in total. The van der Waals surface area contributed by atoms with E-state index in [0.717, 1.165) is 19.4 Å². The maximum atomic E-state index is 12.1. The van der Waals surface area contributed by atoms with Gasteiger partial charge in [-0.25, -0.2) is 4.98 Å². The molecule has 2 N–H and O–H groups in total. The van der Waals surface area contributed by atoms with E-state index in [1.165, 1.54) is 0 Å². The van der Waals surface area contributed by atoms with Crippen LogP contribution in [0.4, 0.5) is 5.82 Å². The van der Waals surface area contributed by atoms with Crippen LogP contribution in [0.15, 0.2) is 16.7 Å². The summed E-state index contributed by atoms with van der Waals surface area (Å²) in [4.78, 5) is 16.3. The van der Waals surface area contributed by atoms with Gasteiger partial charge in [-0.3, -0.25) is 4.79 Å². The predicted octanol–water partition coefficient (Wildman–Crippen LogP) is 1.54. The van der Waals surface area contributed by atoms with E-state index in [1.54, 1.807) is 0 Å². The number of ether oxygens (including phenoxy) is 1. The number of nitrogens with zero attached hydrogens (tertiary/aromatic N) is 1. The van der Waals surface area contributed by atoms with Crippen LogP contribution in [0.3, 0.4) is 0 Å². The molecule has 6 heteroatoms. The lowest BCUT2D eigenvalue weighted by atomic mass is 9.97. The zero-order valence-electron chi connectivity index (χ0n) is 10.00. The molecular formula is C12H14BrN3O2. The zero-order valence-corrected chi connectivity index (χ0v) is 11.6. The van der Waals surface area contributed by atoms with Crippen LogP contribution in [0.1, 0.15) is 12.8 Å². The van der Waals surface area contributed by atoms with E-state index in [2.05, 4.69) is 31.5 Å². The van der Waals surface area contributed by atoms with E-state index >= 15 is 0 Å². The highest BCUT2D eigenvalue weighted by Gasteiger charge is 2.55. The molecule has 1 atom stereocenters. The normalized spacial score (nSPS) is 23.9. The molecule has 1 aromatic rings. The van der Waals surface area contributed by atoms with Crippen molar-refractivity contribution >= 4 is 27.7 Å². The van der Waals surface area contributed by atoms with Gasteiger partial charge in [0.1, 0.15) is 4.60 Å². The largest absolute Gasteiger partial charge is 0.476 e. The predicted molar refractivity (Wildman–Crippen MR) is 70.6 cm³/mol. The van der Waals surface area contributed by atoms with Gasteiger partial charge in [0.15, 0.2) is 17.7 Å². The average molecular weight is 312 g/mol. The third-order valence-corrected chi connectivity index (χ3v) is 3.97. The molecule has 1 fully saturated rings. The van der Waals surface area contributed by atoms with Crippen molar-refractivity contribution in [3.8, 4) is 5.75 Å².